The molecule has 0 saturated heterocycles. The fraction of sp³-hybridized carbons (Fsp3) is 0.385. The summed E-state index contributed by atoms with van der Waals surface area (Å²) in [5.74, 6) is 1.20. The van der Waals surface area contributed by atoms with Gasteiger partial charge in [-0.25, -0.2) is 0 Å². The molecule has 1 N–H and O–H groups in total. The van der Waals surface area contributed by atoms with E-state index in [1.807, 2.05) is 19.1 Å². The summed E-state index contributed by atoms with van der Waals surface area (Å²) in [4.78, 5) is 1.22. The first-order valence-electron chi connectivity index (χ1n) is 5.95. The SMILES string of the molecule is CCNC(C)c1nnc(-c2ccc(SC)cc2)o1. The molecule has 1 aromatic carbocycles. The second kappa shape index (κ2) is 6.02. The standard InChI is InChI=1S/C13H17N3OS/c1-4-14-9(2)12-15-16-13(17-12)10-5-7-11(18-3)8-6-10/h5-9,14H,4H2,1-3H3. The van der Waals surface area contributed by atoms with E-state index in [4.69, 9.17) is 4.42 Å². The van der Waals surface area contributed by atoms with Gasteiger partial charge >= 0.3 is 0 Å². The number of benzene rings is 1. The van der Waals surface area contributed by atoms with Crippen LogP contribution in [0.1, 0.15) is 25.8 Å². The number of nitrogens with zero attached hydrogens (tertiary/aromatic N) is 2. The minimum Gasteiger partial charge on any atom is -0.419 e. The van der Waals surface area contributed by atoms with E-state index < -0.39 is 0 Å². The third kappa shape index (κ3) is 2.91. The second-order valence-corrected chi connectivity index (χ2v) is 4.83. The third-order valence-electron chi connectivity index (χ3n) is 2.66. The molecular formula is C13H17N3OS. The van der Waals surface area contributed by atoms with Crippen LogP contribution in [0.2, 0.25) is 0 Å². The Kier molecular flexibility index (Phi) is 4.38. The number of hydrogen-bond donors (Lipinski definition) is 1. The molecule has 1 heterocycles. The monoisotopic (exact) mass is 263 g/mol. The van der Waals surface area contributed by atoms with E-state index in [9.17, 15) is 0 Å². The van der Waals surface area contributed by atoms with Gasteiger partial charge in [0.05, 0.1) is 6.04 Å². The summed E-state index contributed by atoms with van der Waals surface area (Å²) < 4.78 is 5.67. The average Bonchev–Trinajstić information content (AvgIpc) is 2.89. The fourth-order valence-electron chi connectivity index (χ4n) is 1.65. The second-order valence-electron chi connectivity index (χ2n) is 3.95. The Hall–Kier alpha value is -1.33. The molecule has 5 heteroatoms. The molecule has 0 bridgehead atoms. The van der Waals surface area contributed by atoms with Crippen LogP contribution >= 0.6 is 11.8 Å². The van der Waals surface area contributed by atoms with Gasteiger partial charge in [-0.05, 0) is 44.0 Å². The van der Waals surface area contributed by atoms with Crippen LogP contribution in [0.4, 0.5) is 0 Å². The smallest absolute Gasteiger partial charge is 0.247 e. The summed E-state index contributed by atoms with van der Waals surface area (Å²) in [6.45, 7) is 4.94. The topological polar surface area (TPSA) is 51.0 Å². The van der Waals surface area contributed by atoms with Crippen molar-refractivity contribution >= 4 is 11.8 Å². The molecule has 0 aliphatic heterocycles. The molecule has 0 aliphatic carbocycles. The van der Waals surface area contributed by atoms with Gasteiger partial charge in [-0.1, -0.05) is 6.92 Å². The van der Waals surface area contributed by atoms with Crippen molar-refractivity contribution in [1.29, 1.82) is 0 Å². The van der Waals surface area contributed by atoms with Gasteiger partial charge in [0.2, 0.25) is 11.8 Å². The summed E-state index contributed by atoms with van der Waals surface area (Å²) in [6, 6.07) is 8.19. The predicted molar refractivity (Wildman–Crippen MR) is 73.6 cm³/mol. The Balaban J connectivity index is 2.18. The zero-order chi connectivity index (χ0) is 13.0. The van der Waals surface area contributed by atoms with E-state index in [-0.39, 0.29) is 6.04 Å². The molecule has 18 heavy (non-hydrogen) atoms. The van der Waals surface area contributed by atoms with Crippen molar-refractivity contribution in [1.82, 2.24) is 15.5 Å². The first kappa shape index (κ1) is 13.1. The third-order valence-corrected chi connectivity index (χ3v) is 3.40. The lowest BCUT2D eigenvalue weighted by Crippen LogP contribution is -2.17. The van der Waals surface area contributed by atoms with E-state index in [0.29, 0.717) is 11.8 Å². The number of hydrogen-bond acceptors (Lipinski definition) is 5. The molecule has 0 radical (unpaired) electrons. The van der Waals surface area contributed by atoms with Crippen molar-refractivity contribution in [3.63, 3.8) is 0 Å². The molecule has 4 nitrogen and oxygen atoms in total. The molecule has 2 aromatic rings. The maximum Gasteiger partial charge on any atom is 0.247 e. The van der Waals surface area contributed by atoms with Gasteiger partial charge in [-0.15, -0.1) is 22.0 Å². The molecule has 0 spiro atoms. The van der Waals surface area contributed by atoms with Crippen LogP contribution in [0.15, 0.2) is 33.6 Å². The van der Waals surface area contributed by atoms with E-state index in [1.54, 1.807) is 11.8 Å². The summed E-state index contributed by atoms with van der Waals surface area (Å²) in [7, 11) is 0. The molecule has 0 aliphatic rings. The molecule has 0 saturated carbocycles. The van der Waals surface area contributed by atoms with Crippen LogP contribution in [-0.2, 0) is 0 Å². The molecule has 0 amide bonds. The molecule has 1 aromatic heterocycles. The molecule has 2 rings (SSSR count). The van der Waals surface area contributed by atoms with Crippen LogP contribution in [0.3, 0.4) is 0 Å². The van der Waals surface area contributed by atoms with Crippen molar-refractivity contribution in [2.24, 2.45) is 0 Å². The maximum absolute atomic E-state index is 5.67. The van der Waals surface area contributed by atoms with Gasteiger partial charge in [-0.2, -0.15) is 0 Å². The average molecular weight is 263 g/mol. The molecular weight excluding hydrogens is 246 g/mol. The number of thioether (sulfide) groups is 1. The van der Waals surface area contributed by atoms with Crippen molar-refractivity contribution in [3.8, 4) is 11.5 Å². The predicted octanol–water partition coefficient (Wildman–Crippen LogP) is 3.13. The van der Waals surface area contributed by atoms with E-state index >= 15 is 0 Å². The number of nitrogens with one attached hydrogen (secondary N) is 1. The van der Waals surface area contributed by atoms with E-state index in [2.05, 4.69) is 40.8 Å². The maximum atomic E-state index is 5.67. The highest BCUT2D eigenvalue weighted by Gasteiger charge is 2.13. The van der Waals surface area contributed by atoms with E-state index in [0.717, 1.165) is 12.1 Å². The van der Waals surface area contributed by atoms with Gasteiger partial charge in [0.15, 0.2) is 0 Å². The van der Waals surface area contributed by atoms with Crippen LogP contribution in [0, 0.1) is 0 Å². The van der Waals surface area contributed by atoms with Gasteiger partial charge in [-0.3, -0.25) is 0 Å². The Morgan fingerprint density at radius 1 is 1.28 bits per heavy atom. The zero-order valence-electron chi connectivity index (χ0n) is 10.8. The molecule has 1 atom stereocenters. The quantitative estimate of drug-likeness (QED) is 0.840. The van der Waals surface area contributed by atoms with Crippen molar-refractivity contribution < 1.29 is 4.42 Å². The van der Waals surface area contributed by atoms with Gasteiger partial charge in [0, 0.05) is 10.5 Å². The van der Waals surface area contributed by atoms with Crippen LogP contribution in [0.25, 0.3) is 11.5 Å². The summed E-state index contributed by atoms with van der Waals surface area (Å²) in [6.07, 6.45) is 2.05. The Labute approximate surface area is 111 Å². The number of aromatic nitrogens is 2. The van der Waals surface area contributed by atoms with Crippen molar-refractivity contribution in [2.45, 2.75) is 24.8 Å². The van der Waals surface area contributed by atoms with Crippen molar-refractivity contribution in [3.05, 3.63) is 30.2 Å². The van der Waals surface area contributed by atoms with Gasteiger partial charge in [0.25, 0.3) is 0 Å². The Morgan fingerprint density at radius 2 is 2.00 bits per heavy atom. The first-order valence-corrected chi connectivity index (χ1v) is 7.18. The van der Waals surface area contributed by atoms with Crippen LogP contribution in [0.5, 0.6) is 0 Å². The normalized spacial score (nSPS) is 12.6. The lowest BCUT2D eigenvalue weighted by molar-refractivity contribution is 0.429. The van der Waals surface area contributed by atoms with Crippen LogP contribution in [-0.4, -0.2) is 23.0 Å². The van der Waals surface area contributed by atoms with Crippen molar-refractivity contribution in [2.75, 3.05) is 12.8 Å². The highest BCUT2D eigenvalue weighted by atomic mass is 32.2. The van der Waals surface area contributed by atoms with E-state index in [1.165, 1.54) is 4.90 Å². The minimum absolute atomic E-state index is 0.0849. The molecule has 1 unspecified atom stereocenters. The highest BCUT2D eigenvalue weighted by molar-refractivity contribution is 7.98. The Bertz CT molecular complexity index is 495. The zero-order valence-corrected chi connectivity index (χ0v) is 11.6. The van der Waals surface area contributed by atoms with Crippen LogP contribution < -0.4 is 5.32 Å². The Morgan fingerprint density at radius 3 is 2.61 bits per heavy atom. The fourth-order valence-corrected chi connectivity index (χ4v) is 2.06. The first-order chi connectivity index (χ1) is 8.74. The lowest BCUT2D eigenvalue weighted by atomic mass is 10.2. The molecule has 96 valence electrons. The minimum atomic E-state index is 0.0849. The summed E-state index contributed by atoms with van der Waals surface area (Å²) in [5, 5.41) is 11.4. The van der Waals surface area contributed by atoms with Gasteiger partial charge in [0.1, 0.15) is 0 Å². The lowest BCUT2D eigenvalue weighted by Gasteiger charge is -2.05. The van der Waals surface area contributed by atoms with Gasteiger partial charge < -0.3 is 9.73 Å². The molecule has 0 fully saturated rings. The highest BCUT2D eigenvalue weighted by Crippen LogP contribution is 2.23. The summed E-state index contributed by atoms with van der Waals surface area (Å²) in [5.41, 5.74) is 0.954. The largest absolute Gasteiger partial charge is 0.419 e. The summed E-state index contributed by atoms with van der Waals surface area (Å²) >= 11 is 1.71. The number of rotatable bonds is 5.